The van der Waals surface area contributed by atoms with Gasteiger partial charge < -0.3 is 9.47 Å². The molecule has 1 fully saturated rings. The molecule has 11 heteroatoms. The summed E-state index contributed by atoms with van der Waals surface area (Å²) in [6.07, 6.45) is 0.638. The third-order valence-electron chi connectivity index (χ3n) is 4.79. The average Bonchev–Trinajstić information content (AvgIpc) is 3.36. The van der Waals surface area contributed by atoms with E-state index in [-0.39, 0.29) is 40.8 Å². The molecule has 0 bridgehead atoms. The normalized spacial score (nSPS) is 16.7. The molecule has 1 aliphatic rings. The molecular weight excluding hydrogens is 446 g/mol. The van der Waals surface area contributed by atoms with E-state index in [1.165, 1.54) is 30.0 Å². The van der Waals surface area contributed by atoms with Gasteiger partial charge in [-0.15, -0.1) is 0 Å². The molecule has 1 amide bonds. The number of nitro benzene ring substituents is 1. The molecule has 2 atom stereocenters. The van der Waals surface area contributed by atoms with Crippen molar-refractivity contribution in [3.8, 4) is 5.75 Å². The molecule has 1 aromatic heterocycles. The van der Waals surface area contributed by atoms with Crippen molar-refractivity contribution in [2.75, 3.05) is 18.1 Å². The van der Waals surface area contributed by atoms with Crippen LogP contribution in [0.3, 0.4) is 0 Å². The van der Waals surface area contributed by atoms with E-state index in [9.17, 15) is 19.7 Å². The molecule has 31 heavy (non-hydrogen) atoms. The Hall–Kier alpha value is -2.56. The van der Waals surface area contributed by atoms with E-state index in [2.05, 4.69) is 4.98 Å². The molecule has 0 radical (unpaired) electrons. The first-order valence-electron chi connectivity index (χ1n) is 9.69. The number of thiazole rings is 1. The van der Waals surface area contributed by atoms with Crippen molar-refractivity contribution in [3.63, 3.8) is 0 Å². The molecular formula is C20H22ClN3O6S. The standard InChI is InChI=1S/C20H22ClN3O6S/c1-11-18(12(2)25)31-20(22-11)23(10-15-5-4-8-29-15)19(26)13(3)30-17-7-6-14(24(27)28)9-16(17)21/h6-7,9,13,15H,4-5,8,10H2,1-3H3/t13-,15-/m1/s1. The topological polar surface area (TPSA) is 112 Å². The van der Waals surface area contributed by atoms with Crippen LogP contribution in [-0.2, 0) is 9.53 Å². The second kappa shape index (κ2) is 9.71. The summed E-state index contributed by atoms with van der Waals surface area (Å²) in [6, 6.07) is 3.78. The van der Waals surface area contributed by atoms with Crippen molar-refractivity contribution >= 4 is 45.4 Å². The predicted molar refractivity (Wildman–Crippen MR) is 116 cm³/mol. The number of aryl methyl sites for hydroxylation is 1. The van der Waals surface area contributed by atoms with Crippen LogP contribution in [0.25, 0.3) is 0 Å². The van der Waals surface area contributed by atoms with E-state index in [1.54, 1.807) is 13.8 Å². The van der Waals surface area contributed by atoms with Crippen LogP contribution in [0.4, 0.5) is 10.8 Å². The van der Waals surface area contributed by atoms with Gasteiger partial charge >= 0.3 is 0 Å². The number of rotatable bonds is 8. The van der Waals surface area contributed by atoms with Crippen molar-refractivity contribution in [1.29, 1.82) is 0 Å². The summed E-state index contributed by atoms with van der Waals surface area (Å²) < 4.78 is 11.4. The highest BCUT2D eigenvalue weighted by Crippen LogP contribution is 2.31. The van der Waals surface area contributed by atoms with Crippen LogP contribution in [-0.4, -0.2) is 47.0 Å². The van der Waals surface area contributed by atoms with Crippen molar-refractivity contribution in [3.05, 3.63) is 43.9 Å². The summed E-state index contributed by atoms with van der Waals surface area (Å²) in [7, 11) is 0. The number of benzene rings is 1. The molecule has 9 nitrogen and oxygen atoms in total. The summed E-state index contributed by atoms with van der Waals surface area (Å²) in [5.74, 6) is -0.341. The van der Waals surface area contributed by atoms with Crippen LogP contribution in [0, 0.1) is 17.0 Å². The summed E-state index contributed by atoms with van der Waals surface area (Å²) in [5.41, 5.74) is 0.385. The molecule has 1 aromatic carbocycles. The van der Waals surface area contributed by atoms with Gasteiger partial charge in [-0.05, 0) is 32.8 Å². The lowest BCUT2D eigenvalue weighted by Crippen LogP contribution is -2.44. The van der Waals surface area contributed by atoms with E-state index in [0.29, 0.717) is 22.3 Å². The number of anilines is 1. The number of nitro groups is 1. The minimum atomic E-state index is -0.953. The Morgan fingerprint density at radius 2 is 2.23 bits per heavy atom. The number of halogens is 1. The van der Waals surface area contributed by atoms with Gasteiger partial charge in [0.1, 0.15) is 5.75 Å². The summed E-state index contributed by atoms with van der Waals surface area (Å²) in [5, 5.41) is 11.3. The molecule has 1 aliphatic heterocycles. The number of hydrogen-bond acceptors (Lipinski definition) is 8. The van der Waals surface area contributed by atoms with Crippen LogP contribution in [0.1, 0.15) is 42.1 Å². The molecule has 1 saturated heterocycles. The molecule has 0 aliphatic carbocycles. The molecule has 0 unspecified atom stereocenters. The maximum absolute atomic E-state index is 13.3. The quantitative estimate of drug-likeness (QED) is 0.325. The zero-order valence-corrected chi connectivity index (χ0v) is 18.9. The van der Waals surface area contributed by atoms with Gasteiger partial charge in [-0.25, -0.2) is 4.98 Å². The fourth-order valence-corrected chi connectivity index (χ4v) is 4.43. The first-order chi connectivity index (χ1) is 14.7. The number of nitrogens with zero attached hydrogens (tertiary/aromatic N) is 3. The fourth-order valence-electron chi connectivity index (χ4n) is 3.24. The van der Waals surface area contributed by atoms with Gasteiger partial charge in [0.15, 0.2) is 17.0 Å². The Bertz CT molecular complexity index is 1000. The van der Waals surface area contributed by atoms with Crippen LogP contribution in [0.2, 0.25) is 5.02 Å². The zero-order chi connectivity index (χ0) is 22.7. The number of aromatic nitrogens is 1. The minimum Gasteiger partial charge on any atom is -0.479 e. The Morgan fingerprint density at radius 3 is 2.77 bits per heavy atom. The number of hydrogen-bond donors (Lipinski definition) is 0. The molecule has 3 rings (SSSR count). The minimum absolute atomic E-state index is 0.0310. The lowest BCUT2D eigenvalue weighted by atomic mass is 10.2. The molecule has 2 heterocycles. The largest absolute Gasteiger partial charge is 0.479 e. The maximum atomic E-state index is 13.3. The first-order valence-corrected chi connectivity index (χ1v) is 10.9. The van der Waals surface area contributed by atoms with Gasteiger partial charge in [-0.1, -0.05) is 22.9 Å². The lowest BCUT2D eigenvalue weighted by molar-refractivity contribution is -0.384. The van der Waals surface area contributed by atoms with Crippen molar-refractivity contribution in [2.45, 2.75) is 45.8 Å². The van der Waals surface area contributed by atoms with Crippen LogP contribution in [0.5, 0.6) is 5.75 Å². The molecule has 0 saturated carbocycles. The predicted octanol–water partition coefficient (Wildman–Crippen LogP) is 4.20. The number of carbonyl (C=O) groups is 2. The van der Waals surface area contributed by atoms with Gasteiger partial charge in [-0.2, -0.15) is 0 Å². The maximum Gasteiger partial charge on any atom is 0.271 e. The van der Waals surface area contributed by atoms with E-state index < -0.39 is 11.0 Å². The summed E-state index contributed by atoms with van der Waals surface area (Å²) in [4.78, 5) is 41.9. The van der Waals surface area contributed by atoms with E-state index in [4.69, 9.17) is 21.1 Å². The number of non-ortho nitro benzene ring substituents is 1. The van der Waals surface area contributed by atoms with Gasteiger partial charge in [-0.3, -0.25) is 24.6 Å². The molecule has 166 valence electrons. The summed E-state index contributed by atoms with van der Waals surface area (Å²) in [6.45, 7) is 5.66. The van der Waals surface area contributed by atoms with E-state index >= 15 is 0 Å². The number of ether oxygens (including phenoxy) is 2. The Morgan fingerprint density at radius 1 is 1.48 bits per heavy atom. The first kappa shape index (κ1) is 23.1. The van der Waals surface area contributed by atoms with Crippen LogP contribution in [0.15, 0.2) is 18.2 Å². The number of ketones is 1. The average molecular weight is 468 g/mol. The second-order valence-electron chi connectivity index (χ2n) is 7.18. The monoisotopic (exact) mass is 467 g/mol. The second-order valence-corrected chi connectivity index (χ2v) is 8.57. The van der Waals surface area contributed by atoms with Gasteiger partial charge in [0.25, 0.3) is 11.6 Å². The lowest BCUT2D eigenvalue weighted by Gasteiger charge is -2.26. The number of carbonyl (C=O) groups excluding carboxylic acids is 2. The van der Waals surface area contributed by atoms with Crippen LogP contribution < -0.4 is 9.64 Å². The Kier molecular flexibility index (Phi) is 7.24. The highest BCUT2D eigenvalue weighted by atomic mass is 35.5. The smallest absolute Gasteiger partial charge is 0.271 e. The van der Waals surface area contributed by atoms with Crippen LogP contribution >= 0.6 is 22.9 Å². The Labute approximate surface area is 188 Å². The van der Waals surface area contributed by atoms with Gasteiger partial charge in [0, 0.05) is 25.7 Å². The van der Waals surface area contributed by atoms with Gasteiger partial charge in [0.2, 0.25) is 0 Å². The third kappa shape index (κ3) is 5.38. The number of amides is 1. The molecule has 0 spiro atoms. The van der Waals surface area contributed by atoms with Crippen molar-refractivity contribution in [1.82, 2.24) is 4.98 Å². The van der Waals surface area contributed by atoms with Gasteiger partial charge in [0.05, 0.1) is 33.2 Å². The zero-order valence-electron chi connectivity index (χ0n) is 17.3. The highest BCUT2D eigenvalue weighted by Gasteiger charge is 2.31. The van der Waals surface area contributed by atoms with Crippen molar-refractivity contribution < 1.29 is 24.0 Å². The number of Topliss-reactive ketones (excluding diaryl/α,β-unsaturated/α-hetero) is 1. The summed E-state index contributed by atoms with van der Waals surface area (Å²) >= 11 is 7.24. The SMILES string of the molecule is CC(=O)c1sc(N(C[C@H]2CCCO2)C(=O)[C@@H](C)Oc2ccc([N+](=O)[O-])cc2Cl)nc1C. The fraction of sp³-hybridized carbons (Fsp3) is 0.450. The molecule has 0 N–H and O–H groups in total. The third-order valence-corrected chi connectivity index (χ3v) is 6.37. The molecule has 2 aromatic rings. The van der Waals surface area contributed by atoms with E-state index in [0.717, 1.165) is 24.2 Å². The van der Waals surface area contributed by atoms with E-state index in [1.807, 2.05) is 0 Å². The Balaban J connectivity index is 1.84. The highest BCUT2D eigenvalue weighted by molar-refractivity contribution is 7.17. The van der Waals surface area contributed by atoms with Crippen molar-refractivity contribution in [2.24, 2.45) is 0 Å².